The number of hydrogen-bond donors (Lipinski definition) is 2. The number of amides is 1. The highest BCUT2D eigenvalue weighted by atomic mass is 19.4. The third kappa shape index (κ3) is 6.81. The maximum Gasteiger partial charge on any atom is 0.471 e. The van der Waals surface area contributed by atoms with Gasteiger partial charge in [-0.25, -0.2) is 0 Å². The summed E-state index contributed by atoms with van der Waals surface area (Å²) in [4.78, 5) is 10.5. The number of halogens is 3. The van der Waals surface area contributed by atoms with Crippen LogP contribution in [0.5, 0.6) is 0 Å². The average Bonchev–Trinajstić information content (AvgIpc) is 2.37. The number of benzene rings is 1. The molecule has 0 radical (unpaired) electrons. The van der Waals surface area contributed by atoms with Gasteiger partial charge in [0.2, 0.25) is 0 Å². The molecule has 0 aliphatic rings. The molecule has 1 rings (SSSR count). The van der Waals surface area contributed by atoms with Crippen LogP contribution < -0.4 is 10.6 Å². The van der Waals surface area contributed by atoms with E-state index in [0.717, 1.165) is 12.1 Å². The molecule has 0 spiro atoms. The summed E-state index contributed by atoms with van der Waals surface area (Å²) in [6, 6.07) is 9.83. The van der Waals surface area contributed by atoms with Crippen molar-refractivity contribution in [3.63, 3.8) is 0 Å². The van der Waals surface area contributed by atoms with Gasteiger partial charge in [0.15, 0.2) is 0 Å². The van der Waals surface area contributed by atoms with Gasteiger partial charge in [0.25, 0.3) is 0 Å². The Morgan fingerprint density at radius 1 is 1.05 bits per heavy atom. The van der Waals surface area contributed by atoms with Crippen molar-refractivity contribution in [3.8, 4) is 0 Å². The SMILES string of the molecule is O=C(NCCCCNCc1ccccc1)C(F)(F)F. The van der Waals surface area contributed by atoms with E-state index in [0.29, 0.717) is 19.4 Å². The second-order valence-corrected chi connectivity index (χ2v) is 4.12. The fourth-order valence-electron chi connectivity index (χ4n) is 1.51. The van der Waals surface area contributed by atoms with Crippen molar-refractivity contribution in [2.75, 3.05) is 13.1 Å². The summed E-state index contributed by atoms with van der Waals surface area (Å²) in [7, 11) is 0. The highest BCUT2D eigenvalue weighted by Gasteiger charge is 2.38. The summed E-state index contributed by atoms with van der Waals surface area (Å²) in [5.74, 6) is -1.87. The number of carbonyl (C=O) groups excluding carboxylic acids is 1. The maximum atomic E-state index is 11.8. The van der Waals surface area contributed by atoms with Crippen molar-refractivity contribution in [2.45, 2.75) is 25.6 Å². The lowest BCUT2D eigenvalue weighted by atomic mass is 10.2. The summed E-state index contributed by atoms with van der Waals surface area (Å²) in [6.45, 7) is 1.48. The third-order valence-corrected chi connectivity index (χ3v) is 2.50. The van der Waals surface area contributed by atoms with Crippen molar-refractivity contribution < 1.29 is 18.0 Å². The molecule has 3 nitrogen and oxygen atoms in total. The van der Waals surface area contributed by atoms with Crippen LogP contribution in [0.15, 0.2) is 30.3 Å². The van der Waals surface area contributed by atoms with E-state index in [4.69, 9.17) is 0 Å². The van der Waals surface area contributed by atoms with E-state index in [1.54, 1.807) is 0 Å². The zero-order chi connectivity index (χ0) is 14.1. The number of alkyl halides is 3. The Morgan fingerprint density at radius 3 is 2.32 bits per heavy atom. The van der Waals surface area contributed by atoms with E-state index >= 15 is 0 Å². The summed E-state index contributed by atoms with van der Waals surface area (Å²) >= 11 is 0. The number of nitrogens with one attached hydrogen (secondary N) is 2. The van der Waals surface area contributed by atoms with Crippen molar-refractivity contribution >= 4 is 5.91 Å². The van der Waals surface area contributed by atoms with E-state index in [-0.39, 0.29) is 6.54 Å². The Bertz CT molecular complexity index is 379. The molecule has 0 unspecified atom stereocenters. The van der Waals surface area contributed by atoms with Crippen LogP contribution in [-0.4, -0.2) is 25.2 Å². The molecular weight excluding hydrogens is 257 g/mol. The molecule has 1 aromatic carbocycles. The van der Waals surface area contributed by atoms with Gasteiger partial charge in [-0.3, -0.25) is 4.79 Å². The van der Waals surface area contributed by atoms with Crippen molar-refractivity contribution in [2.24, 2.45) is 0 Å². The molecular formula is C13H17F3N2O. The van der Waals surface area contributed by atoms with E-state index < -0.39 is 12.1 Å². The predicted molar refractivity (Wildman–Crippen MR) is 66.4 cm³/mol. The fourth-order valence-corrected chi connectivity index (χ4v) is 1.51. The largest absolute Gasteiger partial charge is 0.471 e. The van der Waals surface area contributed by atoms with E-state index in [1.165, 1.54) is 0 Å². The van der Waals surface area contributed by atoms with Crippen LogP contribution >= 0.6 is 0 Å². The normalized spacial score (nSPS) is 11.3. The van der Waals surface area contributed by atoms with Gasteiger partial charge in [0, 0.05) is 13.1 Å². The first-order valence-electron chi connectivity index (χ1n) is 6.10. The molecule has 0 aliphatic carbocycles. The van der Waals surface area contributed by atoms with Gasteiger partial charge >= 0.3 is 12.1 Å². The van der Waals surface area contributed by atoms with Crippen molar-refractivity contribution in [1.29, 1.82) is 0 Å². The fraction of sp³-hybridized carbons (Fsp3) is 0.462. The Balaban J connectivity index is 1.99. The van der Waals surface area contributed by atoms with Crippen LogP contribution in [0.1, 0.15) is 18.4 Å². The smallest absolute Gasteiger partial charge is 0.348 e. The summed E-state index contributed by atoms with van der Waals surface area (Å²) < 4.78 is 35.5. The van der Waals surface area contributed by atoms with Gasteiger partial charge in [-0.1, -0.05) is 30.3 Å². The lowest BCUT2D eigenvalue weighted by Crippen LogP contribution is -2.37. The Morgan fingerprint density at radius 2 is 1.68 bits per heavy atom. The minimum Gasteiger partial charge on any atom is -0.348 e. The highest BCUT2D eigenvalue weighted by Crippen LogP contribution is 2.13. The second-order valence-electron chi connectivity index (χ2n) is 4.12. The molecule has 0 saturated carbocycles. The van der Waals surface area contributed by atoms with Gasteiger partial charge in [-0.05, 0) is 24.9 Å². The quantitative estimate of drug-likeness (QED) is 0.749. The van der Waals surface area contributed by atoms with Gasteiger partial charge in [0.05, 0.1) is 0 Å². The number of unbranched alkanes of at least 4 members (excludes halogenated alkanes) is 1. The van der Waals surface area contributed by atoms with Crippen LogP contribution in [0.4, 0.5) is 13.2 Å². The van der Waals surface area contributed by atoms with Gasteiger partial charge in [0.1, 0.15) is 0 Å². The van der Waals surface area contributed by atoms with E-state index in [9.17, 15) is 18.0 Å². The molecule has 0 bridgehead atoms. The number of carbonyl (C=O) groups is 1. The average molecular weight is 274 g/mol. The summed E-state index contributed by atoms with van der Waals surface area (Å²) in [5.41, 5.74) is 1.16. The van der Waals surface area contributed by atoms with Gasteiger partial charge in [-0.15, -0.1) is 0 Å². The third-order valence-electron chi connectivity index (χ3n) is 2.50. The summed E-state index contributed by atoms with van der Waals surface area (Å²) in [6.07, 6.45) is -3.56. The van der Waals surface area contributed by atoms with Crippen LogP contribution in [0, 0.1) is 0 Å². The molecule has 0 atom stereocenters. The molecule has 6 heteroatoms. The van der Waals surface area contributed by atoms with E-state index in [1.807, 2.05) is 35.6 Å². The molecule has 0 aliphatic heterocycles. The molecule has 0 fully saturated rings. The van der Waals surface area contributed by atoms with Gasteiger partial charge in [-0.2, -0.15) is 13.2 Å². The molecule has 1 amide bonds. The Labute approximate surface area is 110 Å². The van der Waals surface area contributed by atoms with Crippen molar-refractivity contribution in [1.82, 2.24) is 10.6 Å². The van der Waals surface area contributed by atoms with Crippen LogP contribution in [0.2, 0.25) is 0 Å². The first-order chi connectivity index (χ1) is 9.00. The molecule has 106 valence electrons. The molecule has 0 saturated heterocycles. The molecule has 0 heterocycles. The molecule has 0 aromatic heterocycles. The zero-order valence-corrected chi connectivity index (χ0v) is 10.5. The van der Waals surface area contributed by atoms with Gasteiger partial charge < -0.3 is 10.6 Å². The van der Waals surface area contributed by atoms with Crippen molar-refractivity contribution in [3.05, 3.63) is 35.9 Å². The molecule has 1 aromatic rings. The summed E-state index contributed by atoms with van der Waals surface area (Å²) in [5, 5.41) is 5.02. The predicted octanol–water partition coefficient (Wildman–Crippen LogP) is 2.23. The maximum absolute atomic E-state index is 11.8. The van der Waals surface area contributed by atoms with E-state index in [2.05, 4.69) is 5.32 Å². The van der Waals surface area contributed by atoms with Crippen LogP contribution in [0.25, 0.3) is 0 Å². The monoisotopic (exact) mass is 274 g/mol. The highest BCUT2D eigenvalue weighted by molar-refractivity contribution is 5.81. The lowest BCUT2D eigenvalue weighted by molar-refractivity contribution is -0.173. The first-order valence-corrected chi connectivity index (χ1v) is 6.10. The molecule has 2 N–H and O–H groups in total. The second kappa shape index (κ2) is 7.78. The topological polar surface area (TPSA) is 41.1 Å². The Kier molecular flexibility index (Phi) is 6.35. The standard InChI is InChI=1S/C13H17F3N2O/c14-13(15,16)12(19)18-9-5-4-8-17-10-11-6-2-1-3-7-11/h1-3,6-7,17H,4-5,8-10H2,(H,18,19). The minimum absolute atomic E-state index is 0.0470. The van der Waals surface area contributed by atoms with Crippen LogP contribution in [-0.2, 0) is 11.3 Å². The minimum atomic E-state index is -4.79. The lowest BCUT2D eigenvalue weighted by Gasteiger charge is -2.08. The first kappa shape index (κ1) is 15.5. The number of rotatable bonds is 7. The zero-order valence-electron chi connectivity index (χ0n) is 10.5. The Hall–Kier alpha value is -1.56. The molecule has 19 heavy (non-hydrogen) atoms. The van der Waals surface area contributed by atoms with Crippen LogP contribution in [0.3, 0.4) is 0 Å². The number of hydrogen-bond acceptors (Lipinski definition) is 2.